The Morgan fingerprint density at radius 3 is 2.71 bits per heavy atom. The fraction of sp³-hybridized carbons (Fsp3) is 0.235. The first kappa shape index (κ1) is 16.7. The van der Waals surface area contributed by atoms with E-state index in [1.165, 1.54) is 0 Å². The van der Waals surface area contributed by atoms with Crippen molar-refractivity contribution in [3.63, 3.8) is 0 Å². The average molecular weight is 368 g/mol. The van der Waals surface area contributed by atoms with Crippen LogP contribution in [0.5, 0.6) is 17.2 Å². The summed E-state index contributed by atoms with van der Waals surface area (Å²) in [5, 5.41) is 3.42. The van der Waals surface area contributed by atoms with Crippen LogP contribution in [0.2, 0.25) is 10.0 Å². The SMILES string of the molecule is C[C@H](Oc1cccc(Cl)c1Cl)C(=O)Nc1ccc2c(c1)OCCO2. The van der Waals surface area contributed by atoms with Crippen molar-refractivity contribution in [1.29, 1.82) is 0 Å². The second-order valence-corrected chi connectivity index (χ2v) is 5.94. The number of carbonyl (C=O) groups excluding carboxylic acids is 1. The fourth-order valence-corrected chi connectivity index (χ4v) is 2.52. The second-order valence-electron chi connectivity index (χ2n) is 5.16. The first-order valence-corrected chi connectivity index (χ1v) is 8.11. The number of fused-ring (bicyclic) bond motifs is 1. The molecule has 0 unspecified atom stereocenters. The van der Waals surface area contributed by atoms with Crippen molar-refractivity contribution in [2.75, 3.05) is 18.5 Å². The average Bonchev–Trinajstić information content (AvgIpc) is 2.58. The molecule has 1 heterocycles. The lowest BCUT2D eigenvalue weighted by Crippen LogP contribution is -2.30. The molecular formula is C17H15Cl2NO4. The van der Waals surface area contributed by atoms with Crippen molar-refractivity contribution in [3.8, 4) is 17.2 Å². The van der Waals surface area contributed by atoms with Crippen LogP contribution < -0.4 is 19.5 Å². The van der Waals surface area contributed by atoms with Gasteiger partial charge < -0.3 is 19.5 Å². The Labute approximate surface area is 149 Å². The topological polar surface area (TPSA) is 56.8 Å². The van der Waals surface area contributed by atoms with Gasteiger partial charge in [-0.15, -0.1) is 0 Å². The van der Waals surface area contributed by atoms with Crippen LogP contribution in [0.1, 0.15) is 6.92 Å². The van der Waals surface area contributed by atoms with Crippen LogP contribution in [0.15, 0.2) is 36.4 Å². The van der Waals surface area contributed by atoms with Gasteiger partial charge in [-0.3, -0.25) is 4.79 Å². The van der Waals surface area contributed by atoms with Crippen LogP contribution in [0.3, 0.4) is 0 Å². The molecule has 2 aromatic rings. The molecule has 1 aliphatic rings. The van der Waals surface area contributed by atoms with Gasteiger partial charge in [-0.05, 0) is 31.2 Å². The minimum Gasteiger partial charge on any atom is -0.486 e. The number of rotatable bonds is 4. The predicted octanol–water partition coefficient (Wildman–Crippen LogP) is 4.17. The summed E-state index contributed by atoms with van der Waals surface area (Å²) in [5.74, 6) is 1.30. The van der Waals surface area contributed by atoms with Gasteiger partial charge in [-0.25, -0.2) is 0 Å². The summed E-state index contributed by atoms with van der Waals surface area (Å²) in [7, 11) is 0. The Morgan fingerprint density at radius 2 is 1.92 bits per heavy atom. The molecule has 3 rings (SSSR count). The van der Waals surface area contributed by atoms with Gasteiger partial charge in [0.1, 0.15) is 24.0 Å². The molecule has 0 radical (unpaired) electrons. The predicted molar refractivity (Wildman–Crippen MR) is 92.6 cm³/mol. The van der Waals surface area contributed by atoms with E-state index in [0.29, 0.717) is 41.2 Å². The van der Waals surface area contributed by atoms with Crippen molar-refractivity contribution in [3.05, 3.63) is 46.4 Å². The number of halogens is 2. The van der Waals surface area contributed by atoms with Crippen LogP contribution in [0.4, 0.5) is 5.69 Å². The van der Waals surface area contributed by atoms with Gasteiger partial charge in [0.2, 0.25) is 0 Å². The molecule has 126 valence electrons. The summed E-state index contributed by atoms with van der Waals surface area (Å²) >= 11 is 12.0. The molecule has 7 heteroatoms. The molecule has 0 bridgehead atoms. The smallest absolute Gasteiger partial charge is 0.265 e. The number of hydrogen-bond acceptors (Lipinski definition) is 4. The number of hydrogen-bond donors (Lipinski definition) is 1. The van der Waals surface area contributed by atoms with Gasteiger partial charge in [-0.2, -0.15) is 0 Å². The molecule has 0 aliphatic carbocycles. The quantitative estimate of drug-likeness (QED) is 0.880. The molecule has 1 aliphatic heterocycles. The highest BCUT2D eigenvalue weighted by Gasteiger charge is 2.18. The van der Waals surface area contributed by atoms with Crippen LogP contribution in [-0.2, 0) is 4.79 Å². The van der Waals surface area contributed by atoms with Gasteiger partial charge in [0.05, 0.1) is 5.02 Å². The molecule has 1 atom stereocenters. The lowest BCUT2D eigenvalue weighted by molar-refractivity contribution is -0.122. The number of nitrogens with one attached hydrogen (secondary N) is 1. The van der Waals surface area contributed by atoms with E-state index in [4.69, 9.17) is 37.4 Å². The van der Waals surface area contributed by atoms with Gasteiger partial charge in [-0.1, -0.05) is 29.3 Å². The molecule has 1 amide bonds. The van der Waals surface area contributed by atoms with Crippen molar-refractivity contribution in [1.82, 2.24) is 0 Å². The zero-order valence-electron chi connectivity index (χ0n) is 12.8. The fourth-order valence-electron chi connectivity index (χ4n) is 2.18. The highest BCUT2D eigenvalue weighted by molar-refractivity contribution is 6.42. The number of benzene rings is 2. The van der Waals surface area contributed by atoms with Gasteiger partial charge in [0, 0.05) is 11.8 Å². The lowest BCUT2D eigenvalue weighted by Gasteiger charge is -2.20. The summed E-state index contributed by atoms with van der Waals surface area (Å²) in [5.41, 5.74) is 0.594. The van der Waals surface area contributed by atoms with E-state index in [1.807, 2.05) is 0 Å². The number of anilines is 1. The maximum Gasteiger partial charge on any atom is 0.265 e. The monoisotopic (exact) mass is 367 g/mol. The third-order valence-corrected chi connectivity index (χ3v) is 4.20. The number of carbonyl (C=O) groups is 1. The molecule has 0 fully saturated rings. The Hall–Kier alpha value is -2.11. The third kappa shape index (κ3) is 3.68. The van der Waals surface area contributed by atoms with Crippen LogP contribution >= 0.6 is 23.2 Å². The van der Waals surface area contributed by atoms with E-state index in [9.17, 15) is 4.79 Å². The van der Waals surface area contributed by atoms with Crippen LogP contribution in [-0.4, -0.2) is 25.2 Å². The largest absolute Gasteiger partial charge is 0.486 e. The standard InChI is InChI=1S/C17H15Cl2NO4/c1-10(24-14-4-2-3-12(18)16(14)19)17(21)20-11-5-6-13-15(9-11)23-8-7-22-13/h2-6,9-10H,7-8H2,1H3,(H,20,21)/t10-/m0/s1. The zero-order chi connectivity index (χ0) is 17.1. The normalized spacial score (nSPS) is 14.0. The minimum atomic E-state index is -0.755. The molecule has 0 saturated carbocycles. The zero-order valence-corrected chi connectivity index (χ0v) is 14.4. The first-order chi connectivity index (χ1) is 11.5. The van der Waals surface area contributed by atoms with E-state index in [-0.39, 0.29) is 10.9 Å². The summed E-state index contributed by atoms with van der Waals surface area (Å²) in [4.78, 5) is 12.3. The van der Waals surface area contributed by atoms with E-state index in [2.05, 4.69) is 5.32 Å². The maximum absolute atomic E-state index is 12.3. The molecule has 1 N–H and O–H groups in total. The van der Waals surface area contributed by atoms with E-state index < -0.39 is 6.10 Å². The molecule has 24 heavy (non-hydrogen) atoms. The number of ether oxygens (including phenoxy) is 3. The van der Waals surface area contributed by atoms with Crippen LogP contribution in [0.25, 0.3) is 0 Å². The maximum atomic E-state index is 12.3. The summed E-state index contributed by atoms with van der Waals surface area (Å²) in [6.45, 7) is 2.63. The summed E-state index contributed by atoms with van der Waals surface area (Å²) in [6.07, 6.45) is -0.755. The van der Waals surface area contributed by atoms with Gasteiger partial charge in [0.15, 0.2) is 17.6 Å². The molecular weight excluding hydrogens is 353 g/mol. The van der Waals surface area contributed by atoms with E-state index >= 15 is 0 Å². The van der Waals surface area contributed by atoms with Gasteiger partial charge in [0.25, 0.3) is 5.91 Å². The number of amides is 1. The van der Waals surface area contributed by atoms with Crippen molar-refractivity contribution < 1.29 is 19.0 Å². The summed E-state index contributed by atoms with van der Waals surface area (Å²) < 4.78 is 16.5. The summed E-state index contributed by atoms with van der Waals surface area (Å²) in [6, 6.07) is 10.2. The van der Waals surface area contributed by atoms with Gasteiger partial charge >= 0.3 is 0 Å². The third-order valence-electron chi connectivity index (χ3n) is 3.40. The van der Waals surface area contributed by atoms with Crippen molar-refractivity contribution in [2.24, 2.45) is 0 Å². The highest BCUT2D eigenvalue weighted by Crippen LogP contribution is 2.33. The van der Waals surface area contributed by atoms with Crippen LogP contribution in [0, 0.1) is 0 Å². The van der Waals surface area contributed by atoms with Crippen molar-refractivity contribution >= 4 is 34.8 Å². The molecule has 0 saturated heterocycles. The van der Waals surface area contributed by atoms with Crippen molar-refractivity contribution in [2.45, 2.75) is 13.0 Å². The molecule has 0 aromatic heterocycles. The molecule has 0 spiro atoms. The Morgan fingerprint density at radius 1 is 1.17 bits per heavy atom. The van der Waals surface area contributed by atoms with E-state index in [0.717, 1.165) is 0 Å². The van der Waals surface area contributed by atoms with E-state index in [1.54, 1.807) is 43.3 Å². The first-order valence-electron chi connectivity index (χ1n) is 7.36. The second kappa shape index (κ2) is 7.20. The minimum absolute atomic E-state index is 0.276. The Balaban J connectivity index is 1.67. The highest BCUT2D eigenvalue weighted by atomic mass is 35.5. The molecule has 5 nitrogen and oxygen atoms in total. The molecule has 2 aromatic carbocycles. The Bertz CT molecular complexity index is 766. The lowest BCUT2D eigenvalue weighted by atomic mass is 10.2. The Kier molecular flexibility index (Phi) is 5.02.